The summed E-state index contributed by atoms with van der Waals surface area (Å²) in [5.41, 5.74) is 1.18. The number of hydrogen-bond donors (Lipinski definition) is 0. The summed E-state index contributed by atoms with van der Waals surface area (Å²) in [4.78, 5) is 0. The van der Waals surface area contributed by atoms with Crippen molar-refractivity contribution in [2.75, 3.05) is 6.61 Å². The molecule has 4 heteroatoms. The van der Waals surface area contributed by atoms with Gasteiger partial charge in [0.1, 0.15) is 5.82 Å². The van der Waals surface area contributed by atoms with Gasteiger partial charge >= 0.3 is 0 Å². The maximum absolute atomic E-state index is 13.9. The van der Waals surface area contributed by atoms with E-state index in [0.717, 1.165) is 11.1 Å². The van der Waals surface area contributed by atoms with E-state index in [-0.39, 0.29) is 19.0 Å². The van der Waals surface area contributed by atoms with Crippen LogP contribution in [0.3, 0.4) is 0 Å². The van der Waals surface area contributed by atoms with E-state index >= 15 is 0 Å². The molecule has 0 aliphatic heterocycles. The Bertz CT molecular complexity index is 624. The third-order valence-corrected chi connectivity index (χ3v) is 3.68. The van der Waals surface area contributed by atoms with Crippen molar-refractivity contribution in [1.29, 1.82) is 0 Å². The van der Waals surface area contributed by atoms with E-state index < -0.39 is 11.8 Å². The molecular weight excluding hydrogens is 301 g/mol. The summed E-state index contributed by atoms with van der Waals surface area (Å²) < 4.78 is 44.9. The Morgan fingerprint density at radius 2 is 1.70 bits per heavy atom. The van der Waals surface area contributed by atoms with Gasteiger partial charge in [-0.15, -0.1) is 0 Å². The van der Waals surface area contributed by atoms with Gasteiger partial charge in [0.05, 0.1) is 13.2 Å². The van der Waals surface area contributed by atoms with Crippen LogP contribution in [0.1, 0.15) is 30.5 Å². The van der Waals surface area contributed by atoms with Gasteiger partial charge in [-0.05, 0) is 22.8 Å². The second kappa shape index (κ2) is 7.64. The van der Waals surface area contributed by atoms with E-state index in [1.807, 2.05) is 30.3 Å². The number of alkyl halides is 2. The highest BCUT2D eigenvalue weighted by Gasteiger charge is 2.29. The van der Waals surface area contributed by atoms with E-state index in [2.05, 4.69) is 0 Å². The normalized spacial score (nSPS) is 11.9. The summed E-state index contributed by atoms with van der Waals surface area (Å²) in [6, 6.07) is 14.4. The Labute approximate surface area is 135 Å². The Morgan fingerprint density at radius 3 is 2.35 bits per heavy atom. The van der Waals surface area contributed by atoms with Gasteiger partial charge in [-0.3, -0.25) is 0 Å². The Kier molecular flexibility index (Phi) is 5.83. The zero-order valence-corrected chi connectivity index (χ0v) is 13.4. The maximum Gasteiger partial charge on any atom is 0.245 e. The first kappa shape index (κ1) is 17.5. The topological polar surface area (TPSA) is 9.23 Å². The molecule has 0 aromatic heterocycles. The highest BCUT2D eigenvalue weighted by Crippen LogP contribution is 2.25. The van der Waals surface area contributed by atoms with Crippen molar-refractivity contribution in [2.24, 2.45) is 5.41 Å². The predicted molar refractivity (Wildman–Crippen MR) is 85.1 cm³/mol. The van der Waals surface area contributed by atoms with Crippen LogP contribution in [0, 0.1) is 11.2 Å². The van der Waals surface area contributed by atoms with Gasteiger partial charge in [-0.25, -0.2) is 13.2 Å². The fraction of sp³-hybridized carbons (Fsp3) is 0.368. The summed E-state index contributed by atoms with van der Waals surface area (Å²) in [5, 5.41) is 0. The molecule has 124 valence electrons. The lowest BCUT2D eigenvalue weighted by Gasteiger charge is -2.23. The average molecular weight is 322 g/mol. The zero-order valence-electron chi connectivity index (χ0n) is 13.4. The van der Waals surface area contributed by atoms with Gasteiger partial charge in [0.25, 0.3) is 0 Å². The van der Waals surface area contributed by atoms with Crippen LogP contribution in [-0.4, -0.2) is 13.0 Å². The molecule has 0 aliphatic carbocycles. The Morgan fingerprint density at radius 1 is 1.00 bits per heavy atom. The molecule has 2 rings (SSSR count). The van der Waals surface area contributed by atoms with Crippen molar-refractivity contribution in [3.05, 3.63) is 71.0 Å². The maximum atomic E-state index is 13.9. The van der Waals surface area contributed by atoms with Crippen LogP contribution in [0.2, 0.25) is 0 Å². The lowest BCUT2D eigenvalue weighted by Crippen LogP contribution is -2.27. The number of hydrogen-bond acceptors (Lipinski definition) is 1. The number of halogens is 3. The van der Waals surface area contributed by atoms with Gasteiger partial charge in [-0.1, -0.05) is 56.3 Å². The van der Waals surface area contributed by atoms with Gasteiger partial charge in [-0.2, -0.15) is 0 Å². The van der Waals surface area contributed by atoms with Crippen molar-refractivity contribution in [3.8, 4) is 0 Å². The first-order valence-electron chi connectivity index (χ1n) is 7.55. The highest BCUT2D eigenvalue weighted by molar-refractivity contribution is 5.30. The molecule has 0 unspecified atom stereocenters. The summed E-state index contributed by atoms with van der Waals surface area (Å²) >= 11 is 0. The SMILES string of the molecule is CC(C)(COCc1ccc(F)c(Cc2ccccc2)c1)C(F)F. The van der Waals surface area contributed by atoms with Crippen LogP contribution in [0.25, 0.3) is 0 Å². The first-order chi connectivity index (χ1) is 10.9. The summed E-state index contributed by atoms with van der Waals surface area (Å²) in [5.74, 6) is -0.273. The van der Waals surface area contributed by atoms with E-state index in [9.17, 15) is 13.2 Å². The highest BCUT2D eigenvalue weighted by atomic mass is 19.3. The molecule has 0 radical (unpaired) electrons. The van der Waals surface area contributed by atoms with E-state index in [0.29, 0.717) is 12.0 Å². The molecule has 0 spiro atoms. The van der Waals surface area contributed by atoms with Crippen LogP contribution in [0.15, 0.2) is 48.5 Å². The molecule has 1 nitrogen and oxygen atoms in total. The molecular formula is C19H21F3O. The second-order valence-corrected chi connectivity index (χ2v) is 6.37. The van der Waals surface area contributed by atoms with Crippen LogP contribution in [0.5, 0.6) is 0 Å². The minimum atomic E-state index is -2.44. The van der Waals surface area contributed by atoms with E-state index in [4.69, 9.17) is 4.74 Å². The number of rotatable bonds is 7. The summed E-state index contributed by atoms with van der Waals surface area (Å²) in [6.07, 6.45) is -1.95. The van der Waals surface area contributed by atoms with Gasteiger partial charge < -0.3 is 4.74 Å². The minimum absolute atomic E-state index is 0.0456. The van der Waals surface area contributed by atoms with Crippen molar-refractivity contribution in [1.82, 2.24) is 0 Å². The molecule has 2 aromatic carbocycles. The van der Waals surface area contributed by atoms with Crippen LogP contribution >= 0.6 is 0 Å². The van der Waals surface area contributed by atoms with Crippen molar-refractivity contribution in [2.45, 2.75) is 33.3 Å². The minimum Gasteiger partial charge on any atom is -0.376 e. The summed E-state index contributed by atoms with van der Waals surface area (Å²) in [6.45, 7) is 3.07. The standard InChI is InChI=1S/C19H21F3O/c1-19(2,18(21)22)13-23-12-15-8-9-17(20)16(11-15)10-14-6-4-3-5-7-14/h3-9,11,18H,10,12-13H2,1-2H3. The molecule has 0 heterocycles. The molecule has 23 heavy (non-hydrogen) atoms. The molecule has 0 atom stereocenters. The lowest BCUT2D eigenvalue weighted by atomic mass is 9.96. The Balaban J connectivity index is 2.00. The molecule has 2 aromatic rings. The van der Waals surface area contributed by atoms with Crippen molar-refractivity contribution in [3.63, 3.8) is 0 Å². The summed E-state index contributed by atoms with van der Waals surface area (Å²) in [7, 11) is 0. The predicted octanol–water partition coefficient (Wildman–Crippen LogP) is 5.22. The van der Waals surface area contributed by atoms with Gasteiger partial charge in [0.15, 0.2) is 0 Å². The lowest BCUT2D eigenvalue weighted by molar-refractivity contribution is -0.0479. The zero-order chi connectivity index (χ0) is 16.9. The van der Waals surface area contributed by atoms with Crippen LogP contribution in [0.4, 0.5) is 13.2 Å². The molecule has 0 aliphatic rings. The van der Waals surface area contributed by atoms with Gasteiger partial charge in [0, 0.05) is 11.8 Å². The van der Waals surface area contributed by atoms with Crippen molar-refractivity contribution >= 4 is 0 Å². The third-order valence-electron chi connectivity index (χ3n) is 3.68. The average Bonchev–Trinajstić information content (AvgIpc) is 2.51. The monoisotopic (exact) mass is 322 g/mol. The largest absolute Gasteiger partial charge is 0.376 e. The van der Waals surface area contributed by atoms with Crippen LogP contribution < -0.4 is 0 Å². The smallest absolute Gasteiger partial charge is 0.245 e. The molecule has 0 amide bonds. The molecule has 0 bridgehead atoms. The number of ether oxygens (including phenoxy) is 1. The first-order valence-corrected chi connectivity index (χ1v) is 7.55. The van der Waals surface area contributed by atoms with Crippen LogP contribution in [-0.2, 0) is 17.8 Å². The molecule has 0 N–H and O–H groups in total. The number of benzene rings is 2. The van der Waals surface area contributed by atoms with E-state index in [1.165, 1.54) is 19.9 Å². The molecule has 0 saturated heterocycles. The fourth-order valence-corrected chi connectivity index (χ4v) is 2.16. The Hall–Kier alpha value is -1.81. The van der Waals surface area contributed by atoms with Gasteiger partial charge in [0.2, 0.25) is 6.43 Å². The second-order valence-electron chi connectivity index (χ2n) is 6.37. The third kappa shape index (κ3) is 5.10. The molecule has 0 fully saturated rings. The fourth-order valence-electron chi connectivity index (χ4n) is 2.16. The molecule has 0 saturated carbocycles. The quantitative estimate of drug-likeness (QED) is 0.679. The van der Waals surface area contributed by atoms with E-state index in [1.54, 1.807) is 12.1 Å². The van der Waals surface area contributed by atoms with Crippen molar-refractivity contribution < 1.29 is 17.9 Å².